The van der Waals surface area contributed by atoms with Gasteiger partial charge in [0.15, 0.2) is 0 Å². The molecule has 0 saturated heterocycles. The number of nitrogens with zero attached hydrogens (tertiary/aromatic N) is 1. The third-order valence-electron chi connectivity index (χ3n) is 3.16. The standard InChI is InChI=1S/C16H18BrNO2/c17-16-10-15(7-6-14(16)12-20)18(8-9-19)11-13-4-2-1-3-5-13/h1-7,10,19-20H,8-9,11-12H2. The Bertz CT molecular complexity index is 545. The molecular formula is C16H18BrNO2. The van der Waals surface area contributed by atoms with Gasteiger partial charge in [0, 0.05) is 23.2 Å². The molecule has 0 aliphatic heterocycles. The van der Waals surface area contributed by atoms with Crippen LogP contribution in [0.25, 0.3) is 0 Å². The van der Waals surface area contributed by atoms with Crippen molar-refractivity contribution in [3.8, 4) is 0 Å². The third-order valence-corrected chi connectivity index (χ3v) is 3.90. The summed E-state index contributed by atoms with van der Waals surface area (Å²) in [4.78, 5) is 2.11. The van der Waals surface area contributed by atoms with E-state index in [4.69, 9.17) is 0 Å². The van der Waals surface area contributed by atoms with Crippen LogP contribution in [0.4, 0.5) is 5.69 Å². The van der Waals surface area contributed by atoms with E-state index in [-0.39, 0.29) is 13.2 Å². The summed E-state index contributed by atoms with van der Waals surface area (Å²) >= 11 is 3.46. The molecule has 20 heavy (non-hydrogen) atoms. The number of hydrogen-bond donors (Lipinski definition) is 2. The highest BCUT2D eigenvalue weighted by Crippen LogP contribution is 2.25. The lowest BCUT2D eigenvalue weighted by Crippen LogP contribution is -2.26. The molecule has 0 radical (unpaired) electrons. The SMILES string of the molecule is OCCN(Cc1ccccc1)c1ccc(CO)c(Br)c1. The minimum absolute atomic E-state index is 0.0134. The molecule has 0 aromatic heterocycles. The smallest absolute Gasteiger partial charge is 0.0692 e. The highest BCUT2D eigenvalue weighted by Gasteiger charge is 2.09. The molecule has 0 heterocycles. The summed E-state index contributed by atoms with van der Waals surface area (Å²) in [6, 6.07) is 16.0. The van der Waals surface area contributed by atoms with Crippen LogP contribution in [-0.2, 0) is 13.2 Å². The summed E-state index contributed by atoms with van der Waals surface area (Å²) in [7, 11) is 0. The topological polar surface area (TPSA) is 43.7 Å². The molecule has 2 N–H and O–H groups in total. The van der Waals surface area contributed by atoms with Crippen molar-refractivity contribution in [1.29, 1.82) is 0 Å². The average molecular weight is 336 g/mol. The van der Waals surface area contributed by atoms with Crippen LogP contribution >= 0.6 is 15.9 Å². The first-order valence-electron chi connectivity index (χ1n) is 6.53. The van der Waals surface area contributed by atoms with Crippen LogP contribution in [0.15, 0.2) is 53.0 Å². The maximum absolute atomic E-state index is 9.25. The molecule has 4 heteroatoms. The Morgan fingerprint density at radius 3 is 2.35 bits per heavy atom. The van der Waals surface area contributed by atoms with Crippen LogP contribution in [0.3, 0.4) is 0 Å². The van der Waals surface area contributed by atoms with Crippen LogP contribution in [0, 0.1) is 0 Å². The lowest BCUT2D eigenvalue weighted by atomic mass is 10.1. The quantitative estimate of drug-likeness (QED) is 0.852. The molecule has 0 fully saturated rings. The van der Waals surface area contributed by atoms with Crippen molar-refractivity contribution in [2.45, 2.75) is 13.2 Å². The molecule has 0 aliphatic rings. The first-order chi connectivity index (χ1) is 9.74. The van der Waals surface area contributed by atoms with Crippen LogP contribution in [0.1, 0.15) is 11.1 Å². The Hall–Kier alpha value is -1.36. The summed E-state index contributed by atoms with van der Waals surface area (Å²) in [6.45, 7) is 1.43. The Morgan fingerprint density at radius 1 is 1.00 bits per heavy atom. The van der Waals surface area contributed by atoms with Crippen molar-refractivity contribution >= 4 is 21.6 Å². The molecule has 3 nitrogen and oxygen atoms in total. The van der Waals surface area contributed by atoms with Gasteiger partial charge in [0.05, 0.1) is 13.2 Å². The predicted octanol–water partition coefficient (Wildman–Crippen LogP) is 2.94. The Balaban J connectivity index is 2.22. The second-order valence-electron chi connectivity index (χ2n) is 4.56. The molecule has 106 valence electrons. The maximum atomic E-state index is 9.25. The summed E-state index contributed by atoms with van der Waals surface area (Å²) in [5.74, 6) is 0. The van der Waals surface area contributed by atoms with E-state index < -0.39 is 0 Å². The molecule has 2 aromatic rings. The van der Waals surface area contributed by atoms with E-state index in [0.717, 1.165) is 22.3 Å². The lowest BCUT2D eigenvalue weighted by Gasteiger charge is -2.24. The monoisotopic (exact) mass is 335 g/mol. The summed E-state index contributed by atoms with van der Waals surface area (Å²) in [5.41, 5.74) is 3.08. The minimum atomic E-state index is 0.0134. The second-order valence-corrected chi connectivity index (χ2v) is 5.42. The summed E-state index contributed by atoms with van der Waals surface area (Å²) in [5, 5.41) is 18.5. The van der Waals surface area contributed by atoms with Gasteiger partial charge in [-0.25, -0.2) is 0 Å². The van der Waals surface area contributed by atoms with E-state index in [1.807, 2.05) is 36.4 Å². The Kier molecular flexibility index (Phi) is 5.59. The molecule has 0 aliphatic carbocycles. The van der Waals surface area contributed by atoms with Gasteiger partial charge < -0.3 is 15.1 Å². The molecule has 0 amide bonds. The fourth-order valence-corrected chi connectivity index (χ4v) is 2.58. The van der Waals surface area contributed by atoms with E-state index in [0.29, 0.717) is 6.54 Å². The number of rotatable bonds is 6. The van der Waals surface area contributed by atoms with Crippen LogP contribution in [-0.4, -0.2) is 23.4 Å². The van der Waals surface area contributed by atoms with Crippen molar-refractivity contribution in [3.63, 3.8) is 0 Å². The zero-order valence-electron chi connectivity index (χ0n) is 11.2. The highest BCUT2D eigenvalue weighted by atomic mass is 79.9. The average Bonchev–Trinajstić information content (AvgIpc) is 2.48. The van der Waals surface area contributed by atoms with E-state index in [2.05, 4.69) is 33.0 Å². The molecule has 0 unspecified atom stereocenters. The number of hydrogen-bond acceptors (Lipinski definition) is 3. The van der Waals surface area contributed by atoms with Gasteiger partial charge in [0.25, 0.3) is 0 Å². The van der Waals surface area contributed by atoms with Gasteiger partial charge in [0.2, 0.25) is 0 Å². The van der Waals surface area contributed by atoms with E-state index in [9.17, 15) is 10.2 Å². The second kappa shape index (κ2) is 7.43. The van der Waals surface area contributed by atoms with Gasteiger partial charge in [-0.05, 0) is 23.3 Å². The largest absolute Gasteiger partial charge is 0.395 e. The molecule has 2 rings (SSSR count). The summed E-state index contributed by atoms with van der Waals surface area (Å²) < 4.78 is 0.883. The molecule has 0 atom stereocenters. The van der Waals surface area contributed by atoms with Gasteiger partial charge >= 0.3 is 0 Å². The van der Waals surface area contributed by atoms with Gasteiger partial charge in [-0.1, -0.05) is 52.3 Å². The third kappa shape index (κ3) is 3.82. The number of benzene rings is 2. The van der Waals surface area contributed by atoms with Crippen molar-refractivity contribution in [3.05, 3.63) is 64.1 Å². The van der Waals surface area contributed by atoms with Gasteiger partial charge in [-0.3, -0.25) is 0 Å². The van der Waals surface area contributed by atoms with Crippen molar-refractivity contribution in [2.75, 3.05) is 18.1 Å². The maximum Gasteiger partial charge on any atom is 0.0692 e. The molecule has 0 saturated carbocycles. The lowest BCUT2D eigenvalue weighted by molar-refractivity contribution is 0.281. The number of halogens is 1. The van der Waals surface area contributed by atoms with E-state index in [1.54, 1.807) is 0 Å². The van der Waals surface area contributed by atoms with Crippen molar-refractivity contribution in [2.24, 2.45) is 0 Å². The summed E-state index contributed by atoms with van der Waals surface area (Å²) in [6.07, 6.45) is 0. The Labute approximate surface area is 127 Å². The number of anilines is 1. The molecule has 0 bridgehead atoms. The van der Waals surface area contributed by atoms with Crippen LogP contribution in [0.5, 0.6) is 0 Å². The molecular weight excluding hydrogens is 318 g/mol. The number of aliphatic hydroxyl groups excluding tert-OH is 2. The number of aliphatic hydroxyl groups is 2. The fourth-order valence-electron chi connectivity index (χ4n) is 2.09. The van der Waals surface area contributed by atoms with Gasteiger partial charge in [0.1, 0.15) is 0 Å². The Morgan fingerprint density at radius 2 is 1.75 bits per heavy atom. The first kappa shape index (κ1) is 15.0. The zero-order chi connectivity index (χ0) is 14.4. The first-order valence-corrected chi connectivity index (χ1v) is 7.33. The van der Waals surface area contributed by atoms with Gasteiger partial charge in [-0.15, -0.1) is 0 Å². The van der Waals surface area contributed by atoms with Crippen molar-refractivity contribution in [1.82, 2.24) is 0 Å². The molecule has 2 aromatic carbocycles. The van der Waals surface area contributed by atoms with Crippen LogP contribution < -0.4 is 4.90 Å². The van der Waals surface area contributed by atoms with Crippen LogP contribution in [0.2, 0.25) is 0 Å². The van der Waals surface area contributed by atoms with Gasteiger partial charge in [-0.2, -0.15) is 0 Å². The normalized spacial score (nSPS) is 10.6. The predicted molar refractivity (Wildman–Crippen MR) is 84.6 cm³/mol. The highest BCUT2D eigenvalue weighted by molar-refractivity contribution is 9.10. The van der Waals surface area contributed by atoms with Crippen molar-refractivity contribution < 1.29 is 10.2 Å². The zero-order valence-corrected chi connectivity index (χ0v) is 12.8. The van der Waals surface area contributed by atoms with E-state index in [1.165, 1.54) is 5.56 Å². The fraction of sp³-hybridized carbons (Fsp3) is 0.250. The minimum Gasteiger partial charge on any atom is -0.395 e. The molecule has 0 spiro atoms. The van der Waals surface area contributed by atoms with E-state index >= 15 is 0 Å².